The first-order valence-electron chi connectivity index (χ1n) is 11.6. The Bertz CT molecular complexity index is 1030. The van der Waals surface area contributed by atoms with Crippen molar-refractivity contribution in [3.8, 4) is 0 Å². The molecule has 0 aromatic heterocycles. The van der Waals surface area contributed by atoms with Gasteiger partial charge in [0.2, 0.25) is 10.0 Å². The predicted octanol–water partition coefficient (Wildman–Crippen LogP) is 4.04. The van der Waals surface area contributed by atoms with Gasteiger partial charge in [0.15, 0.2) is 0 Å². The van der Waals surface area contributed by atoms with Crippen molar-refractivity contribution in [1.29, 1.82) is 0 Å². The van der Waals surface area contributed by atoms with Gasteiger partial charge in [-0.25, -0.2) is 13.2 Å². The maximum absolute atomic E-state index is 13.1. The van der Waals surface area contributed by atoms with E-state index in [1.54, 1.807) is 16.4 Å². The first-order chi connectivity index (χ1) is 15.4. The molecule has 2 heterocycles. The smallest absolute Gasteiger partial charge is 0.320 e. The van der Waals surface area contributed by atoms with Crippen molar-refractivity contribution in [3.63, 3.8) is 0 Å². The number of piperidine rings is 1. The predicted molar refractivity (Wildman–Crippen MR) is 126 cm³/mol. The number of hydrogen-bond donors (Lipinski definition) is 0. The third kappa shape index (κ3) is 4.84. The molecular formula is C25H33N3O3S. The molecule has 6 nitrogen and oxygen atoms in total. The number of carbonyl (C=O) groups is 1. The fraction of sp³-hybridized carbons (Fsp3) is 0.480. The van der Waals surface area contributed by atoms with E-state index in [0.29, 0.717) is 43.9 Å². The van der Waals surface area contributed by atoms with Crippen LogP contribution in [0, 0.1) is 6.92 Å². The van der Waals surface area contributed by atoms with E-state index in [2.05, 4.69) is 38.1 Å². The summed E-state index contributed by atoms with van der Waals surface area (Å²) in [6, 6.07) is 15.7. The van der Waals surface area contributed by atoms with Crippen molar-refractivity contribution in [1.82, 2.24) is 14.1 Å². The lowest BCUT2D eigenvalue weighted by molar-refractivity contribution is 0.153. The maximum atomic E-state index is 13.1. The molecule has 7 heteroatoms. The molecule has 0 spiro atoms. The Labute approximate surface area is 191 Å². The fourth-order valence-electron chi connectivity index (χ4n) is 4.66. The second-order valence-corrected chi connectivity index (χ2v) is 10.9. The van der Waals surface area contributed by atoms with Crippen molar-refractivity contribution in [2.24, 2.45) is 0 Å². The Balaban J connectivity index is 1.34. The molecule has 4 rings (SSSR count). The molecule has 0 unspecified atom stereocenters. The average Bonchev–Trinajstić information content (AvgIpc) is 3.16. The fourth-order valence-corrected chi connectivity index (χ4v) is 6.13. The number of sulfonamides is 1. The van der Waals surface area contributed by atoms with E-state index >= 15 is 0 Å². The summed E-state index contributed by atoms with van der Waals surface area (Å²) in [6.07, 6.45) is 3.35. The van der Waals surface area contributed by atoms with E-state index in [-0.39, 0.29) is 12.1 Å². The highest BCUT2D eigenvalue weighted by atomic mass is 32.2. The minimum atomic E-state index is -3.49. The quantitative estimate of drug-likeness (QED) is 0.633. The van der Waals surface area contributed by atoms with Crippen LogP contribution >= 0.6 is 0 Å². The minimum Gasteiger partial charge on any atom is -0.320 e. The molecule has 0 aliphatic carbocycles. The van der Waals surface area contributed by atoms with Crippen LogP contribution in [0.1, 0.15) is 42.9 Å². The summed E-state index contributed by atoms with van der Waals surface area (Å²) < 4.78 is 27.7. The van der Waals surface area contributed by atoms with E-state index in [0.717, 1.165) is 30.5 Å². The van der Waals surface area contributed by atoms with Crippen LogP contribution in [0.3, 0.4) is 0 Å². The van der Waals surface area contributed by atoms with Gasteiger partial charge in [-0.1, -0.05) is 55.3 Å². The Morgan fingerprint density at radius 2 is 1.50 bits per heavy atom. The number of rotatable bonds is 7. The summed E-state index contributed by atoms with van der Waals surface area (Å²) >= 11 is 0. The van der Waals surface area contributed by atoms with Crippen LogP contribution in [0.5, 0.6) is 0 Å². The Morgan fingerprint density at radius 3 is 2.12 bits per heavy atom. The van der Waals surface area contributed by atoms with Crippen molar-refractivity contribution in [2.75, 3.05) is 26.2 Å². The van der Waals surface area contributed by atoms with Gasteiger partial charge in [-0.2, -0.15) is 4.31 Å². The number of nitrogens with zero attached hydrogens (tertiary/aromatic N) is 3. The number of carbonyl (C=O) groups excluding carboxylic acids is 1. The minimum absolute atomic E-state index is 0.0680. The third-order valence-electron chi connectivity index (χ3n) is 6.59. The van der Waals surface area contributed by atoms with Gasteiger partial charge >= 0.3 is 6.03 Å². The molecule has 0 N–H and O–H groups in total. The van der Waals surface area contributed by atoms with E-state index < -0.39 is 10.0 Å². The first-order valence-corrected chi connectivity index (χ1v) is 13.0. The van der Waals surface area contributed by atoms with Crippen molar-refractivity contribution >= 4 is 16.1 Å². The van der Waals surface area contributed by atoms with Crippen LogP contribution in [0.15, 0.2) is 53.4 Å². The zero-order valence-corrected chi connectivity index (χ0v) is 19.9. The number of amides is 2. The van der Waals surface area contributed by atoms with Crippen LogP contribution in [-0.2, 0) is 23.0 Å². The van der Waals surface area contributed by atoms with E-state index in [1.807, 2.05) is 21.9 Å². The molecule has 172 valence electrons. The summed E-state index contributed by atoms with van der Waals surface area (Å²) in [4.78, 5) is 17.2. The Hall–Kier alpha value is -2.38. The summed E-state index contributed by atoms with van der Waals surface area (Å²) in [5, 5.41) is 0. The highest BCUT2D eigenvalue weighted by Gasteiger charge is 2.37. The van der Waals surface area contributed by atoms with E-state index in [9.17, 15) is 13.2 Å². The van der Waals surface area contributed by atoms with Crippen LogP contribution in [-0.4, -0.2) is 60.8 Å². The molecule has 32 heavy (non-hydrogen) atoms. The molecule has 2 amide bonds. The molecule has 2 aliphatic rings. The largest absolute Gasteiger partial charge is 0.320 e. The molecule has 2 saturated heterocycles. The van der Waals surface area contributed by atoms with Gasteiger partial charge < -0.3 is 9.80 Å². The van der Waals surface area contributed by atoms with Crippen LogP contribution < -0.4 is 0 Å². The highest BCUT2D eigenvalue weighted by molar-refractivity contribution is 7.89. The molecule has 2 aromatic carbocycles. The van der Waals surface area contributed by atoms with Gasteiger partial charge in [0, 0.05) is 38.8 Å². The van der Waals surface area contributed by atoms with Gasteiger partial charge in [0.25, 0.3) is 0 Å². The lowest BCUT2D eigenvalue weighted by Gasteiger charge is -2.36. The van der Waals surface area contributed by atoms with Gasteiger partial charge in [-0.3, -0.25) is 0 Å². The summed E-state index contributed by atoms with van der Waals surface area (Å²) in [6.45, 7) is 7.12. The van der Waals surface area contributed by atoms with Crippen LogP contribution in [0.25, 0.3) is 0 Å². The van der Waals surface area contributed by atoms with Gasteiger partial charge in [-0.15, -0.1) is 0 Å². The monoisotopic (exact) mass is 455 g/mol. The van der Waals surface area contributed by atoms with Gasteiger partial charge in [-0.05, 0) is 49.4 Å². The standard InChI is InChI=1S/C25H33N3O3S/c1-3-4-21-9-11-24(12-10-21)32(30,31)27-15-13-23(14-16-27)28-18-17-26(25(28)29)19-22-7-5-20(2)6-8-22/h5-12,23H,3-4,13-19H2,1-2H3. The van der Waals surface area contributed by atoms with Gasteiger partial charge in [0.1, 0.15) is 0 Å². The van der Waals surface area contributed by atoms with Crippen molar-refractivity contribution in [3.05, 3.63) is 65.2 Å². The lowest BCUT2D eigenvalue weighted by atomic mass is 10.1. The highest BCUT2D eigenvalue weighted by Crippen LogP contribution is 2.26. The Morgan fingerprint density at radius 1 is 0.875 bits per heavy atom. The maximum Gasteiger partial charge on any atom is 0.320 e. The third-order valence-corrected chi connectivity index (χ3v) is 8.50. The number of aryl methyl sites for hydroxylation is 2. The molecule has 2 fully saturated rings. The zero-order chi connectivity index (χ0) is 22.7. The van der Waals surface area contributed by atoms with Gasteiger partial charge in [0.05, 0.1) is 4.90 Å². The number of urea groups is 1. The van der Waals surface area contributed by atoms with Crippen molar-refractivity contribution < 1.29 is 13.2 Å². The average molecular weight is 456 g/mol. The van der Waals surface area contributed by atoms with Crippen LogP contribution in [0.4, 0.5) is 4.79 Å². The number of benzene rings is 2. The molecule has 2 aromatic rings. The SMILES string of the molecule is CCCc1ccc(S(=O)(=O)N2CCC(N3CCN(Cc4ccc(C)cc4)C3=O)CC2)cc1. The normalized spacial score (nSPS) is 18.5. The molecule has 0 saturated carbocycles. The second kappa shape index (κ2) is 9.63. The Kier molecular flexibility index (Phi) is 6.86. The molecule has 0 bridgehead atoms. The van der Waals surface area contributed by atoms with Crippen LogP contribution in [0.2, 0.25) is 0 Å². The van der Waals surface area contributed by atoms with Crippen molar-refractivity contribution in [2.45, 2.75) is 57.0 Å². The van der Waals surface area contributed by atoms with E-state index in [4.69, 9.17) is 0 Å². The zero-order valence-electron chi connectivity index (χ0n) is 19.0. The molecule has 2 aliphatic heterocycles. The summed E-state index contributed by atoms with van der Waals surface area (Å²) in [5.41, 5.74) is 3.51. The number of hydrogen-bond acceptors (Lipinski definition) is 3. The lowest BCUT2D eigenvalue weighted by Crippen LogP contribution is -2.47. The summed E-state index contributed by atoms with van der Waals surface area (Å²) in [5.74, 6) is 0. The molecular weight excluding hydrogens is 422 g/mol. The molecule has 0 radical (unpaired) electrons. The second-order valence-electron chi connectivity index (χ2n) is 8.91. The summed E-state index contributed by atoms with van der Waals surface area (Å²) in [7, 11) is -3.49. The first kappa shape index (κ1) is 22.8. The molecule has 0 atom stereocenters. The van der Waals surface area contributed by atoms with E-state index in [1.165, 1.54) is 5.56 Å². The topological polar surface area (TPSA) is 60.9 Å².